The fraction of sp³-hybridized carbons (Fsp3) is 0.320. The van der Waals surface area contributed by atoms with Crippen LogP contribution in [0.15, 0.2) is 47.3 Å². The number of hydrogen-bond donors (Lipinski definition) is 2. The average Bonchev–Trinajstić information content (AvgIpc) is 3.42. The Bertz CT molecular complexity index is 1420. The summed E-state index contributed by atoms with van der Waals surface area (Å²) < 4.78 is 26.9. The summed E-state index contributed by atoms with van der Waals surface area (Å²) in [7, 11) is 0. The van der Waals surface area contributed by atoms with Gasteiger partial charge in [-0.3, -0.25) is 14.5 Å². The molecule has 2 atom stereocenters. The zero-order chi connectivity index (χ0) is 24.1. The number of nitrogens with one attached hydrogen (secondary N) is 2. The van der Waals surface area contributed by atoms with Crippen LogP contribution in [0.5, 0.6) is 5.75 Å². The van der Waals surface area contributed by atoms with Crippen molar-refractivity contribution in [2.75, 3.05) is 36.5 Å². The number of carbonyl (C=O) groups is 2. The number of halogens is 1. The number of amides is 2. The normalized spacial score (nSPS) is 20.5. The van der Waals surface area contributed by atoms with Crippen LogP contribution in [0.25, 0.3) is 10.9 Å². The first-order chi connectivity index (χ1) is 17.0. The molecule has 0 spiro atoms. The Hall–Kier alpha value is -3.92. The third-order valence-corrected chi connectivity index (χ3v) is 6.75. The van der Waals surface area contributed by atoms with E-state index in [-0.39, 0.29) is 36.0 Å². The Balaban J connectivity index is 1.06. The van der Waals surface area contributed by atoms with Crippen LogP contribution in [0.1, 0.15) is 18.0 Å². The zero-order valence-electron chi connectivity index (χ0n) is 18.8. The number of nitrogens with zero attached hydrogens (tertiary/aromatic N) is 2. The Morgan fingerprint density at radius 3 is 2.86 bits per heavy atom. The molecule has 1 saturated heterocycles. The van der Waals surface area contributed by atoms with Crippen LogP contribution in [0.4, 0.5) is 20.6 Å². The summed E-state index contributed by atoms with van der Waals surface area (Å²) in [5, 5.41) is 6.93. The number of pyridine rings is 1. The summed E-state index contributed by atoms with van der Waals surface area (Å²) in [4.78, 5) is 38.1. The highest BCUT2D eigenvalue weighted by molar-refractivity contribution is 5.97. The van der Waals surface area contributed by atoms with Crippen molar-refractivity contribution in [3.05, 3.63) is 64.2 Å². The molecule has 3 aliphatic rings. The topological polar surface area (TPSA) is 102 Å². The summed E-state index contributed by atoms with van der Waals surface area (Å²) in [6.07, 6.45) is 0.291. The van der Waals surface area contributed by atoms with E-state index in [9.17, 15) is 18.8 Å². The standard InChI is InChI=1S/C25H23FN4O5/c26-19-4-1-14-2-6-23(32)30-16(9-18(19)24(14)30)11-27-8-7-17-12-29(25(33)35-17)15-3-5-21-20(10-15)28-22(31)13-34-21/h1-6,10,16-17,27H,7-9,11-13H2,(H,28,31)/t16?,17-/m1/s1. The molecule has 4 heterocycles. The Morgan fingerprint density at radius 2 is 1.97 bits per heavy atom. The lowest BCUT2D eigenvalue weighted by Gasteiger charge is -2.20. The number of benzene rings is 2. The van der Waals surface area contributed by atoms with Crippen molar-refractivity contribution in [1.82, 2.24) is 9.88 Å². The van der Waals surface area contributed by atoms with Crippen molar-refractivity contribution in [1.29, 1.82) is 0 Å². The van der Waals surface area contributed by atoms with Crippen LogP contribution in [0.2, 0.25) is 0 Å². The molecule has 0 saturated carbocycles. The maximum absolute atomic E-state index is 14.4. The molecular formula is C25H23FN4O5. The highest BCUT2D eigenvalue weighted by Crippen LogP contribution is 2.34. The lowest BCUT2D eigenvalue weighted by molar-refractivity contribution is -0.118. The molecule has 0 aliphatic carbocycles. The first-order valence-electron chi connectivity index (χ1n) is 11.6. The Morgan fingerprint density at radius 1 is 1.11 bits per heavy atom. The molecule has 2 aromatic carbocycles. The van der Waals surface area contributed by atoms with Crippen LogP contribution in [0.3, 0.4) is 0 Å². The van der Waals surface area contributed by atoms with Crippen LogP contribution < -0.4 is 25.8 Å². The Kier molecular flexibility index (Phi) is 5.18. The van der Waals surface area contributed by atoms with Gasteiger partial charge in [0.2, 0.25) is 0 Å². The van der Waals surface area contributed by atoms with Crippen molar-refractivity contribution < 1.29 is 23.5 Å². The molecule has 35 heavy (non-hydrogen) atoms. The van der Waals surface area contributed by atoms with E-state index in [2.05, 4.69) is 10.6 Å². The molecule has 6 rings (SSSR count). The predicted octanol–water partition coefficient (Wildman–Crippen LogP) is 2.57. The molecule has 0 radical (unpaired) electrons. The van der Waals surface area contributed by atoms with Crippen molar-refractivity contribution in [3.63, 3.8) is 0 Å². The molecule has 3 aromatic rings. The monoisotopic (exact) mass is 478 g/mol. The smallest absolute Gasteiger partial charge is 0.414 e. The average molecular weight is 478 g/mol. The lowest BCUT2D eigenvalue weighted by atomic mass is 10.1. The molecule has 1 fully saturated rings. The molecule has 2 amide bonds. The maximum atomic E-state index is 14.4. The quantitative estimate of drug-likeness (QED) is 0.528. The second-order valence-corrected chi connectivity index (χ2v) is 8.99. The fourth-order valence-electron chi connectivity index (χ4n) is 5.10. The van der Waals surface area contributed by atoms with Crippen LogP contribution >= 0.6 is 0 Å². The van der Waals surface area contributed by atoms with Crippen molar-refractivity contribution in [2.45, 2.75) is 25.0 Å². The lowest BCUT2D eigenvalue weighted by Crippen LogP contribution is -2.32. The molecule has 1 aromatic heterocycles. The minimum Gasteiger partial charge on any atom is -0.482 e. The van der Waals surface area contributed by atoms with Gasteiger partial charge in [0.25, 0.3) is 11.5 Å². The van der Waals surface area contributed by atoms with E-state index in [0.717, 1.165) is 5.39 Å². The van der Waals surface area contributed by atoms with Gasteiger partial charge in [-0.2, -0.15) is 0 Å². The summed E-state index contributed by atoms with van der Waals surface area (Å²) in [5.74, 6) is 0.0326. The Labute approximate surface area is 199 Å². The second-order valence-electron chi connectivity index (χ2n) is 8.99. The molecule has 2 N–H and O–H groups in total. The van der Waals surface area contributed by atoms with Gasteiger partial charge in [-0.25, -0.2) is 9.18 Å². The zero-order valence-corrected chi connectivity index (χ0v) is 18.8. The number of rotatable bonds is 6. The number of hydrogen-bond acceptors (Lipinski definition) is 6. The van der Waals surface area contributed by atoms with Gasteiger partial charge in [0.15, 0.2) is 6.61 Å². The van der Waals surface area contributed by atoms with E-state index in [1.165, 1.54) is 17.0 Å². The van der Waals surface area contributed by atoms with Gasteiger partial charge in [-0.15, -0.1) is 0 Å². The number of aromatic nitrogens is 1. The molecule has 180 valence electrons. The van der Waals surface area contributed by atoms with E-state index in [0.29, 0.717) is 60.7 Å². The second kappa shape index (κ2) is 8.38. The van der Waals surface area contributed by atoms with Gasteiger partial charge in [0, 0.05) is 23.9 Å². The summed E-state index contributed by atoms with van der Waals surface area (Å²) in [5.41, 5.74) is 2.26. The molecule has 0 bridgehead atoms. The van der Waals surface area contributed by atoms with Crippen LogP contribution in [0, 0.1) is 5.82 Å². The number of anilines is 2. The molecule has 9 nitrogen and oxygen atoms in total. The van der Waals surface area contributed by atoms with E-state index in [1.54, 1.807) is 34.9 Å². The third kappa shape index (κ3) is 3.79. The fourth-order valence-corrected chi connectivity index (χ4v) is 5.10. The number of cyclic esters (lactones) is 1. The van der Waals surface area contributed by atoms with Crippen LogP contribution in [-0.2, 0) is 16.0 Å². The van der Waals surface area contributed by atoms with Gasteiger partial charge in [-0.1, -0.05) is 0 Å². The van der Waals surface area contributed by atoms with Crippen LogP contribution in [-0.4, -0.2) is 48.9 Å². The van der Waals surface area contributed by atoms with Gasteiger partial charge in [0.1, 0.15) is 17.7 Å². The summed E-state index contributed by atoms with van der Waals surface area (Å²) >= 11 is 0. The highest BCUT2D eigenvalue weighted by atomic mass is 19.1. The minimum atomic E-state index is -0.446. The summed E-state index contributed by atoms with van der Waals surface area (Å²) in [6, 6.07) is 11.4. The largest absolute Gasteiger partial charge is 0.482 e. The first kappa shape index (κ1) is 21.6. The highest BCUT2D eigenvalue weighted by Gasteiger charge is 2.33. The minimum absolute atomic E-state index is 0.0289. The van der Waals surface area contributed by atoms with Gasteiger partial charge in [-0.05, 0) is 61.2 Å². The predicted molar refractivity (Wildman–Crippen MR) is 127 cm³/mol. The van der Waals surface area contributed by atoms with E-state index in [4.69, 9.17) is 9.47 Å². The number of ether oxygens (including phenoxy) is 2. The van der Waals surface area contributed by atoms with Gasteiger partial charge < -0.3 is 24.7 Å². The molecular weight excluding hydrogens is 455 g/mol. The van der Waals surface area contributed by atoms with Crippen molar-refractivity contribution in [3.8, 4) is 5.75 Å². The summed E-state index contributed by atoms with van der Waals surface area (Å²) in [6.45, 7) is 1.42. The van der Waals surface area contributed by atoms with Gasteiger partial charge in [0.05, 0.1) is 23.8 Å². The first-order valence-corrected chi connectivity index (χ1v) is 11.6. The molecule has 1 unspecified atom stereocenters. The van der Waals surface area contributed by atoms with E-state index < -0.39 is 6.09 Å². The molecule has 3 aliphatic heterocycles. The number of carbonyl (C=O) groups excluding carboxylic acids is 2. The van der Waals surface area contributed by atoms with Crippen molar-refractivity contribution >= 4 is 34.3 Å². The maximum Gasteiger partial charge on any atom is 0.414 e. The van der Waals surface area contributed by atoms with Gasteiger partial charge >= 0.3 is 6.09 Å². The van der Waals surface area contributed by atoms with E-state index in [1.807, 2.05) is 0 Å². The number of fused-ring (bicyclic) bond motifs is 1. The third-order valence-electron chi connectivity index (χ3n) is 6.75. The van der Waals surface area contributed by atoms with Crippen molar-refractivity contribution in [2.24, 2.45) is 0 Å². The molecule has 10 heteroatoms. The SMILES string of the molecule is O=C1COc2ccc(N3C[C@@H](CCNCC4Cc5c(F)ccc6ccc(=O)n4c56)OC3=O)cc2N1. The van der Waals surface area contributed by atoms with E-state index >= 15 is 0 Å².